The maximum Gasteiger partial charge on any atom is 0.322 e. The molecule has 0 atom stereocenters. The lowest BCUT2D eigenvalue weighted by Crippen LogP contribution is -2.39. The molecule has 2 amide bonds. The van der Waals surface area contributed by atoms with E-state index in [0.717, 1.165) is 12.0 Å². The summed E-state index contributed by atoms with van der Waals surface area (Å²) in [4.78, 5) is 34.8. The van der Waals surface area contributed by atoms with Crippen LogP contribution in [0.25, 0.3) is 0 Å². The van der Waals surface area contributed by atoms with E-state index in [2.05, 4.69) is 16.0 Å². The zero-order chi connectivity index (χ0) is 18.7. The van der Waals surface area contributed by atoms with Crippen molar-refractivity contribution in [2.24, 2.45) is 0 Å². The molecule has 0 bridgehead atoms. The second-order valence-electron chi connectivity index (χ2n) is 5.25. The van der Waals surface area contributed by atoms with E-state index < -0.39 is 35.8 Å². The van der Waals surface area contributed by atoms with Crippen LogP contribution in [0, 0.1) is 0 Å². The molecule has 136 valence electrons. The van der Waals surface area contributed by atoms with Gasteiger partial charge in [0.25, 0.3) is 11.8 Å². The van der Waals surface area contributed by atoms with Gasteiger partial charge >= 0.3 is 5.97 Å². The molecule has 5 N–H and O–H groups in total. The first-order valence-corrected chi connectivity index (χ1v) is 7.95. The van der Waals surface area contributed by atoms with Gasteiger partial charge in [-0.25, -0.2) is 0 Å². The van der Waals surface area contributed by atoms with Gasteiger partial charge in [-0.15, -0.1) is 0 Å². The van der Waals surface area contributed by atoms with Crippen molar-refractivity contribution in [3.8, 4) is 0 Å². The van der Waals surface area contributed by atoms with Crippen molar-refractivity contribution in [3.05, 3.63) is 47.4 Å². The molecule has 0 spiro atoms. The van der Waals surface area contributed by atoms with Gasteiger partial charge in [-0.05, 0) is 12.0 Å². The Morgan fingerprint density at radius 2 is 1.60 bits per heavy atom. The third-order valence-electron chi connectivity index (χ3n) is 3.21. The average molecular weight is 349 g/mol. The van der Waals surface area contributed by atoms with Crippen LogP contribution >= 0.6 is 0 Å². The first-order valence-electron chi connectivity index (χ1n) is 7.95. The molecule has 0 saturated heterocycles. The van der Waals surface area contributed by atoms with Gasteiger partial charge in [0.1, 0.15) is 6.54 Å². The van der Waals surface area contributed by atoms with Gasteiger partial charge in [0.2, 0.25) is 5.88 Å². The number of unbranched alkanes of at least 4 members (excludes halogenated alkanes) is 1. The highest BCUT2D eigenvalue weighted by molar-refractivity contribution is 6.19. The van der Waals surface area contributed by atoms with Crippen LogP contribution < -0.4 is 16.0 Å². The third kappa shape index (κ3) is 7.38. The van der Waals surface area contributed by atoms with E-state index in [1.807, 2.05) is 37.3 Å². The molecular weight excluding hydrogens is 326 g/mol. The summed E-state index contributed by atoms with van der Waals surface area (Å²) in [5.41, 5.74) is 0.291. The maximum absolute atomic E-state index is 12.2. The average Bonchev–Trinajstić information content (AvgIpc) is 2.59. The lowest BCUT2D eigenvalue weighted by Gasteiger charge is -2.12. The van der Waals surface area contributed by atoms with Crippen molar-refractivity contribution >= 4 is 17.8 Å². The Hall–Kier alpha value is -3.03. The Balaban J connectivity index is 2.87. The molecule has 0 radical (unpaired) electrons. The van der Waals surface area contributed by atoms with Gasteiger partial charge in [-0.2, -0.15) is 0 Å². The molecule has 0 saturated carbocycles. The fraction of sp³-hybridized carbons (Fsp3) is 0.353. The van der Waals surface area contributed by atoms with E-state index in [-0.39, 0.29) is 6.54 Å². The summed E-state index contributed by atoms with van der Waals surface area (Å²) >= 11 is 0. The van der Waals surface area contributed by atoms with Gasteiger partial charge in [-0.3, -0.25) is 14.4 Å². The second-order valence-corrected chi connectivity index (χ2v) is 5.25. The molecule has 25 heavy (non-hydrogen) atoms. The number of aliphatic hydroxyl groups excluding tert-OH is 1. The van der Waals surface area contributed by atoms with Crippen molar-refractivity contribution in [1.29, 1.82) is 0 Å². The molecule has 8 nitrogen and oxygen atoms in total. The number of rotatable bonds is 10. The van der Waals surface area contributed by atoms with Crippen molar-refractivity contribution < 1.29 is 24.6 Å². The highest BCUT2D eigenvalue weighted by Gasteiger charge is 2.23. The molecule has 0 aliphatic carbocycles. The minimum absolute atomic E-state index is 0.199. The van der Waals surface area contributed by atoms with E-state index in [9.17, 15) is 19.5 Å². The maximum atomic E-state index is 12.2. The number of aliphatic carboxylic acids is 1. The van der Waals surface area contributed by atoms with E-state index in [4.69, 9.17) is 5.11 Å². The Morgan fingerprint density at radius 3 is 2.20 bits per heavy atom. The van der Waals surface area contributed by atoms with Crippen LogP contribution in [0.2, 0.25) is 0 Å². The summed E-state index contributed by atoms with van der Waals surface area (Å²) < 4.78 is 0. The quantitative estimate of drug-likeness (QED) is 0.139. The number of hydrogen-bond acceptors (Lipinski definition) is 5. The van der Waals surface area contributed by atoms with Crippen molar-refractivity contribution in [3.63, 3.8) is 0 Å². The van der Waals surface area contributed by atoms with Crippen LogP contribution in [-0.2, 0) is 20.9 Å². The predicted molar refractivity (Wildman–Crippen MR) is 91.5 cm³/mol. The first kappa shape index (κ1) is 20.0. The van der Waals surface area contributed by atoms with Crippen molar-refractivity contribution in [2.45, 2.75) is 26.3 Å². The molecule has 0 unspecified atom stereocenters. The Morgan fingerprint density at radius 1 is 0.960 bits per heavy atom. The van der Waals surface area contributed by atoms with Crippen LogP contribution in [0.1, 0.15) is 25.3 Å². The number of benzene rings is 1. The molecule has 1 rings (SSSR count). The molecule has 0 aliphatic heterocycles. The number of nitrogens with one attached hydrogen (secondary N) is 3. The molecule has 0 aliphatic rings. The number of hydrogen-bond donors (Lipinski definition) is 5. The number of carboxylic acids is 1. The van der Waals surface area contributed by atoms with Crippen LogP contribution in [0.3, 0.4) is 0 Å². The lowest BCUT2D eigenvalue weighted by atomic mass is 10.2. The van der Waals surface area contributed by atoms with Gasteiger partial charge in [-0.1, -0.05) is 43.7 Å². The molecule has 0 aromatic heterocycles. The minimum atomic E-state index is -1.25. The first-order chi connectivity index (χ1) is 12.0. The van der Waals surface area contributed by atoms with Gasteiger partial charge in [0, 0.05) is 13.1 Å². The molecule has 8 heteroatoms. The van der Waals surface area contributed by atoms with Crippen LogP contribution in [-0.4, -0.2) is 41.1 Å². The smallest absolute Gasteiger partial charge is 0.322 e. The van der Waals surface area contributed by atoms with E-state index >= 15 is 0 Å². The highest BCUT2D eigenvalue weighted by Crippen LogP contribution is 2.04. The standard InChI is InChI=1S/C17H23N3O5/c1-2-3-9-18-15(23)14(17(25)20-11-13(21)22)16(24)19-10-12-7-5-4-6-8-12/h4-8,19,24H,2-3,9-11H2,1H3,(H,18,23)(H,20,25)(H,21,22). The van der Waals surface area contributed by atoms with Crippen molar-refractivity contribution in [1.82, 2.24) is 16.0 Å². The highest BCUT2D eigenvalue weighted by atomic mass is 16.4. The third-order valence-corrected chi connectivity index (χ3v) is 3.21. The summed E-state index contributed by atoms with van der Waals surface area (Å²) in [6.07, 6.45) is 1.57. The van der Waals surface area contributed by atoms with Crippen LogP contribution in [0.15, 0.2) is 41.8 Å². The summed E-state index contributed by atoms with van der Waals surface area (Å²) in [6.45, 7) is 1.83. The van der Waals surface area contributed by atoms with E-state index in [1.165, 1.54) is 0 Å². The number of carbonyl (C=O) groups excluding carboxylic acids is 2. The number of amides is 2. The molecule has 0 fully saturated rings. The number of aliphatic hydroxyl groups is 1. The zero-order valence-electron chi connectivity index (χ0n) is 14.0. The second kappa shape index (κ2) is 10.7. The molecule has 0 heterocycles. The monoisotopic (exact) mass is 349 g/mol. The summed E-state index contributed by atoms with van der Waals surface area (Å²) in [5, 5.41) is 26.0. The number of carboxylic acid groups (broad SMARTS) is 1. The van der Waals surface area contributed by atoms with Crippen molar-refractivity contribution in [2.75, 3.05) is 13.1 Å². The zero-order valence-corrected chi connectivity index (χ0v) is 14.0. The van der Waals surface area contributed by atoms with Gasteiger partial charge in [0.15, 0.2) is 5.57 Å². The Labute approximate surface area is 145 Å². The van der Waals surface area contributed by atoms with Gasteiger partial charge in [0.05, 0.1) is 0 Å². The number of carbonyl (C=O) groups is 3. The normalized spacial score (nSPS) is 11.2. The Bertz CT molecular complexity index is 628. The fourth-order valence-electron chi connectivity index (χ4n) is 1.90. The SMILES string of the molecule is CCCCNC(=O)C(C(=O)NCC(=O)O)=C(O)NCc1ccccc1. The van der Waals surface area contributed by atoms with E-state index in [1.54, 1.807) is 0 Å². The summed E-state index contributed by atoms with van der Waals surface area (Å²) in [5.74, 6) is -3.60. The van der Waals surface area contributed by atoms with Crippen LogP contribution in [0.4, 0.5) is 0 Å². The summed E-state index contributed by atoms with van der Waals surface area (Å²) in [7, 11) is 0. The molecule has 1 aromatic carbocycles. The Kier molecular flexibility index (Phi) is 8.56. The fourth-order valence-corrected chi connectivity index (χ4v) is 1.90. The lowest BCUT2D eigenvalue weighted by molar-refractivity contribution is -0.138. The predicted octanol–water partition coefficient (Wildman–Crippen LogP) is 0.663. The minimum Gasteiger partial charge on any atom is -0.494 e. The summed E-state index contributed by atoms with van der Waals surface area (Å²) in [6, 6.07) is 9.09. The molecular formula is C17H23N3O5. The topological polar surface area (TPSA) is 128 Å². The van der Waals surface area contributed by atoms with Crippen LogP contribution in [0.5, 0.6) is 0 Å². The van der Waals surface area contributed by atoms with E-state index in [0.29, 0.717) is 13.0 Å². The van der Waals surface area contributed by atoms with Gasteiger partial charge < -0.3 is 26.2 Å². The largest absolute Gasteiger partial charge is 0.494 e. The molecule has 1 aromatic rings.